The van der Waals surface area contributed by atoms with E-state index in [-0.39, 0.29) is 12.6 Å². The second kappa shape index (κ2) is 10.5. The molecular weight excluding hydrogens is 497 g/mol. The highest BCUT2D eigenvalue weighted by Crippen LogP contribution is 2.33. The minimum absolute atomic E-state index is 0.0795. The van der Waals surface area contributed by atoms with Crippen LogP contribution in [0.5, 0.6) is 0 Å². The predicted octanol–water partition coefficient (Wildman–Crippen LogP) is 2.53. The van der Waals surface area contributed by atoms with E-state index in [1.165, 1.54) is 0 Å². The lowest BCUT2D eigenvalue weighted by atomic mass is 10.1. The molecule has 1 amide bonds. The molecule has 15 heteroatoms. The van der Waals surface area contributed by atoms with Crippen molar-refractivity contribution in [2.45, 2.75) is 57.5 Å². The van der Waals surface area contributed by atoms with Crippen LogP contribution in [0.3, 0.4) is 0 Å². The lowest BCUT2D eigenvalue weighted by molar-refractivity contribution is -0.197. The molecule has 5 rings (SSSR count). The molecule has 200 valence electrons. The fourth-order valence-electron chi connectivity index (χ4n) is 4.26. The van der Waals surface area contributed by atoms with E-state index in [1.54, 1.807) is 42.8 Å². The van der Waals surface area contributed by atoms with Gasteiger partial charge in [-0.2, -0.15) is 13.9 Å². The summed E-state index contributed by atoms with van der Waals surface area (Å²) in [5, 5.41) is 12.6. The number of anilines is 2. The van der Waals surface area contributed by atoms with Crippen molar-refractivity contribution < 1.29 is 32.2 Å². The van der Waals surface area contributed by atoms with Gasteiger partial charge in [-0.15, -0.1) is 0 Å². The molecule has 3 atom stereocenters. The summed E-state index contributed by atoms with van der Waals surface area (Å²) in [5.41, 5.74) is 1.75. The van der Waals surface area contributed by atoms with Crippen LogP contribution in [0.2, 0.25) is 0 Å². The molecule has 2 aliphatic rings. The van der Waals surface area contributed by atoms with Gasteiger partial charge in [0.2, 0.25) is 5.95 Å². The third-order valence-electron chi connectivity index (χ3n) is 5.93. The van der Waals surface area contributed by atoms with Crippen molar-refractivity contribution in [3.63, 3.8) is 0 Å². The number of nitrogens with one attached hydrogen (secondary N) is 3. The number of halogens is 3. The normalized spacial score (nSPS) is 22.6. The van der Waals surface area contributed by atoms with E-state index >= 15 is 0 Å². The average Bonchev–Trinajstić information content (AvgIpc) is 3.51. The zero-order chi connectivity index (χ0) is 26.1. The largest absolute Gasteiger partial charge is 0.441 e. The van der Waals surface area contributed by atoms with Crippen LogP contribution in [0.25, 0.3) is 5.65 Å². The van der Waals surface area contributed by atoms with E-state index in [0.717, 1.165) is 5.69 Å². The number of H-pyrrole nitrogens is 1. The highest BCUT2D eigenvalue weighted by Gasteiger charge is 2.42. The lowest BCUT2D eigenvalue weighted by Crippen LogP contribution is -2.52. The Morgan fingerprint density at radius 3 is 2.92 bits per heavy atom. The fraction of sp³-hybridized carbons (Fsp3) is 0.545. The molecule has 0 unspecified atom stereocenters. The smallest absolute Gasteiger partial charge is 0.407 e. The van der Waals surface area contributed by atoms with Crippen LogP contribution in [0.4, 0.5) is 29.7 Å². The van der Waals surface area contributed by atoms with Crippen LogP contribution in [0, 0.1) is 0 Å². The van der Waals surface area contributed by atoms with E-state index in [4.69, 9.17) is 9.47 Å². The van der Waals surface area contributed by atoms with Gasteiger partial charge in [0.05, 0.1) is 24.1 Å². The number of carbonyl (C=O) groups is 1. The highest BCUT2D eigenvalue weighted by molar-refractivity contribution is 5.67. The molecule has 2 aliphatic heterocycles. The van der Waals surface area contributed by atoms with Crippen LogP contribution in [-0.2, 0) is 20.8 Å². The minimum atomic E-state index is -2.77. The number of hydrogen-bond donors (Lipinski definition) is 3. The third kappa shape index (κ3) is 5.78. The average molecular weight is 525 g/mol. The summed E-state index contributed by atoms with van der Waals surface area (Å²) in [4.78, 5) is 22.7. The summed E-state index contributed by atoms with van der Waals surface area (Å²) in [7, 11) is 0. The van der Waals surface area contributed by atoms with E-state index in [9.17, 15) is 18.0 Å². The Labute approximate surface area is 209 Å². The zero-order valence-corrected chi connectivity index (χ0v) is 20.1. The molecule has 12 nitrogen and oxygen atoms in total. The molecule has 0 radical (unpaired) electrons. The molecule has 0 saturated carbocycles. The van der Waals surface area contributed by atoms with E-state index in [2.05, 4.69) is 35.5 Å². The predicted molar refractivity (Wildman–Crippen MR) is 123 cm³/mol. The number of alkyl carbamates (subject to hydrolysis) is 1. The van der Waals surface area contributed by atoms with Crippen LogP contribution >= 0.6 is 0 Å². The lowest BCUT2D eigenvalue weighted by Gasteiger charge is -2.37. The Kier molecular flexibility index (Phi) is 7.17. The Hall–Kier alpha value is -3.43. The number of hydrogen-bond acceptors (Lipinski definition) is 9. The van der Waals surface area contributed by atoms with Gasteiger partial charge in [-0.1, -0.05) is 0 Å². The van der Waals surface area contributed by atoms with Gasteiger partial charge in [-0.25, -0.2) is 19.2 Å². The maximum atomic E-state index is 14.9. The first-order valence-corrected chi connectivity index (χ1v) is 11.8. The number of ether oxygens (including phenoxy) is 3. The molecule has 37 heavy (non-hydrogen) atoms. The molecular formula is C22H27F3N8O4. The van der Waals surface area contributed by atoms with Crippen LogP contribution in [0.15, 0.2) is 24.5 Å². The Morgan fingerprint density at radius 1 is 1.35 bits per heavy atom. The second-order valence-electron chi connectivity index (χ2n) is 9.22. The topological polar surface area (TPSA) is 131 Å². The van der Waals surface area contributed by atoms with Crippen molar-refractivity contribution in [1.82, 2.24) is 34.8 Å². The number of carbonyl (C=O) groups excluding carboxylic acids is 1. The Morgan fingerprint density at radius 2 is 2.16 bits per heavy atom. The summed E-state index contributed by atoms with van der Waals surface area (Å²) in [6.07, 6.45) is -1.38. The maximum absolute atomic E-state index is 14.9. The Balaban J connectivity index is 1.21. The van der Waals surface area contributed by atoms with Crippen LogP contribution in [0.1, 0.15) is 31.3 Å². The number of likely N-dealkylation sites (tertiary alicyclic amines) is 1. The summed E-state index contributed by atoms with van der Waals surface area (Å²) in [6, 6.07) is 3.19. The van der Waals surface area contributed by atoms with Gasteiger partial charge in [0.25, 0.3) is 0 Å². The van der Waals surface area contributed by atoms with Crippen molar-refractivity contribution in [2.75, 3.05) is 25.0 Å². The van der Waals surface area contributed by atoms with Crippen molar-refractivity contribution in [3.05, 3.63) is 35.9 Å². The first-order valence-electron chi connectivity index (χ1n) is 11.8. The van der Waals surface area contributed by atoms with Crippen LogP contribution in [-0.4, -0.2) is 86.3 Å². The van der Waals surface area contributed by atoms with Gasteiger partial charge < -0.3 is 24.8 Å². The van der Waals surface area contributed by atoms with Crippen molar-refractivity contribution in [1.29, 1.82) is 0 Å². The summed E-state index contributed by atoms with van der Waals surface area (Å²) in [5.74, 6) is 0.797. The number of nitrogens with zero attached hydrogens (tertiary/aromatic N) is 5. The number of amides is 1. The van der Waals surface area contributed by atoms with Gasteiger partial charge in [-0.3, -0.25) is 14.4 Å². The SMILES string of the molecule is CC(C)NC(=O)O[C@H]1CO[C@@H](c2cc(Nc3nccc4nc(CN5CC(OC(F)F)C5)cn34)n[nH]2)[C@@H]1F. The molecule has 0 bridgehead atoms. The minimum Gasteiger partial charge on any atom is -0.441 e. The maximum Gasteiger partial charge on any atom is 0.407 e. The van der Waals surface area contributed by atoms with Gasteiger partial charge >= 0.3 is 12.7 Å². The van der Waals surface area contributed by atoms with E-state index in [1.807, 2.05) is 4.90 Å². The van der Waals surface area contributed by atoms with Crippen LogP contribution < -0.4 is 10.6 Å². The number of alkyl halides is 3. The molecule has 3 aromatic rings. The van der Waals surface area contributed by atoms with Crippen molar-refractivity contribution >= 4 is 23.5 Å². The van der Waals surface area contributed by atoms with E-state index < -0.39 is 37.2 Å². The van der Waals surface area contributed by atoms with Crippen molar-refractivity contribution in [3.8, 4) is 0 Å². The fourth-order valence-corrected chi connectivity index (χ4v) is 4.26. The summed E-state index contributed by atoms with van der Waals surface area (Å²) >= 11 is 0. The molecule has 3 N–H and O–H groups in total. The number of aromatic amines is 1. The summed E-state index contributed by atoms with van der Waals surface area (Å²) in [6.45, 7) is 1.99. The number of aromatic nitrogens is 5. The monoisotopic (exact) mass is 524 g/mol. The first-order chi connectivity index (χ1) is 17.7. The first kappa shape index (κ1) is 25.2. The second-order valence-corrected chi connectivity index (χ2v) is 9.22. The molecule has 2 fully saturated rings. The van der Waals surface area contributed by atoms with Gasteiger partial charge in [0.15, 0.2) is 18.1 Å². The van der Waals surface area contributed by atoms with Crippen molar-refractivity contribution in [2.24, 2.45) is 0 Å². The molecule has 3 aromatic heterocycles. The molecule has 0 spiro atoms. The van der Waals surface area contributed by atoms with Gasteiger partial charge in [0.1, 0.15) is 11.8 Å². The number of rotatable bonds is 9. The number of fused-ring (bicyclic) bond motifs is 1. The molecule has 2 saturated heterocycles. The molecule has 5 heterocycles. The van der Waals surface area contributed by atoms with E-state index in [0.29, 0.717) is 42.7 Å². The zero-order valence-electron chi connectivity index (χ0n) is 20.1. The quantitative estimate of drug-likeness (QED) is 0.387. The molecule has 0 aromatic carbocycles. The van der Waals surface area contributed by atoms with Gasteiger partial charge in [0, 0.05) is 44.1 Å². The third-order valence-corrected chi connectivity index (χ3v) is 5.93. The summed E-state index contributed by atoms with van der Waals surface area (Å²) < 4.78 is 56.4. The Bertz CT molecular complexity index is 1230. The molecule has 0 aliphatic carbocycles. The number of imidazole rings is 1. The standard InChI is InChI=1S/C22H27F3N8O4/c1-11(2)27-22(34)37-15-10-35-19(18(15)23)14-5-16(31-30-14)29-21-26-4-3-17-28-12(7-33(17)21)6-32-8-13(9-32)36-20(24)25/h3-5,7,11,13,15,18-20H,6,8-10H2,1-2H3,(H,27,34)(H2,26,29,30,31)/t15-,18+,19-/m0/s1. The highest BCUT2D eigenvalue weighted by atomic mass is 19.3. The van der Waals surface area contributed by atoms with Gasteiger partial charge in [-0.05, 0) is 19.9 Å².